The maximum atomic E-state index is 12.4. The van der Waals surface area contributed by atoms with Crippen LogP contribution in [0.15, 0.2) is 29.2 Å². The lowest BCUT2D eigenvalue weighted by atomic mass is 10.2. The van der Waals surface area contributed by atoms with E-state index in [4.69, 9.17) is 0 Å². The first kappa shape index (κ1) is 14.2. The molecule has 1 rings (SSSR count). The topological polar surface area (TPSA) is 46.2 Å². The normalized spacial score (nSPS) is 15.5. The van der Waals surface area contributed by atoms with Gasteiger partial charge in [0.15, 0.2) is 9.84 Å². The Morgan fingerprint density at radius 1 is 1.35 bits per heavy atom. The Bertz CT molecular complexity index is 464. The molecule has 0 saturated carbocycles. The molecule has 1 N–H and O–H groups in total. The van der Waals surface area contributed by atoms with E-state index in [0.29, 0.717) is 4.90 Å². The number of sulfone groups is 1. The van der Waals surface area contributed by atoms with Gasteiger partial charge in [-0.05, 0) is 45.0 Å². The van der Waals surface area contributed by atoms with E-state index in [9.17, 15) is 8.42 Å². The van der Waals surface area contributed by atoms with Gasteiger partial charge in [0.25, 0.3) is 0 Å². The monoisotopic (exact) mass is 255 g/mol. The zero-order chi connectivity index (χ0) is 13.1. The molecule has 1 aromatic carbocycles. The number of hydrogen-bond donors (Lipinski definition) is 1. The summed E-state index contributed by atoms with van der Waals surface area (Å²) in [5.74, 6) is 0. The van der Waals surface area contributed by atoms with Crippen LogP contribution in [0.2, 0.25) is 0 Å². The van der Waals surface area contributed by atoms with Gasteiger partial charge in [0.1, 0.15) is 0 Å². The van der Waals surface area contributed by atoms with E-state index in [2.05, 4.69) is 5.32 Å². The first-order chi connectivity index (χ1) is 7.93. The second kappa shape index (κ2) is 5.65. The third-order valence-corrected chi connectivity index (χ3v) is 5.40. The lowest BCUT2D eigenvalue weighted by Crippen LogP contribution is -2.40. The SMILES string of the molecule is CCC(NC)C(C)S(=O)(=O)c1cccc(C)c1. The van der Waals surface area contributed by atoms with Crippen LogP contribution in [-0.2, 0) is 9.84 Å². The van der Waals surface area contributed by atoms with Gasteiger partial charge in [-0.2, -0.15) is 0 Å². The maximum Gasteiger partial charge on any atom is 0.182 e. The number of hydrogen-bond acceptors (Lipinski definition) is 3. The predicted octanol–water partition coefficient (Wildman–Crippen LogP) is 2.16. The summed E-state index contributed by atoms with van der Waals surface area (Å²) in [7, 11) is -1.45. The lowest BCUT2D eigenvalue weighted by Gasteiger charge is -2.22. The minimum absolute atomic E-state index is 0.0134. The fourth-order valence-corrected chi connectivity index (χ4v) is 3.80. The van der Waals surface area contributed by atoms with Crippen molar-refractivity contribution in [2.45, 2.75) is 43.4 Å². The standard InChI is InChI=1S/C13H21NO2S/c1-5-13(14-4)11(3)17(15,16)12-8-6-7-10(2)9-12/h6-9,11,13-14H,5H2,1-4H3. The summed E-state index contributed by atoms with van der Waals surface area (Å²) in [5, 5.41) is 2.65. The van der Waals surface area contributed by atoms with Crippen molar-refractivity contribution < 1.29 is 8.42 Å². The van der Waals surface area contributed by atoms with Gasteiger partial charge in [0.2, 0.25) is 0 Å². The van der Waals surface area contributed by atoms with E-state index in [1.165, 1.54) is 0 Å². The van der Waals surface area contributed by atoms with Crippen LogP contribution in [0.25, 0.3) is 0 Å². The molecule has 2 unspecified atom stereocenters. The van der Waals surface area contributed by atoms with Crippen molar-refractivity contribution in [2.75, 3.05) is 7.05 Å². The maximum absolute atomic E-state index is 12.4. The number of nitrogens with one attached hydrogen (secondary N) is 1. The summed E-state index contributed by atoms with van der Waals surface area (Å²) in [6, 6.07) is 7.07. The van der Waals surface area contributed by atoms with Crippen LogP contribution >= 0.6 is 0 Å². The second-order valence-corrected chi connectivity index (χ2v) is 6.68. The summed E-state index contributed by atoms with van der Waals surface area (Å²) in [6.45, 7) is 5.66. The highest BCUT2D eigenvalue weighted by Crippen LogP contribution is 2.20. The first-order valence-corrected chi connectivity index (χ1v) is 7.46. The molecule has 0 saturated heterocycles. The molecular formula is C13H21NO2S. The number of rotatable bonds is 5. The molecule has 0 fully saturated rings. The van der Waals surface area contributed by atoms with Crippen LogP contribution in [0.4, 0.5) is 0 Å². The molecule has 0 amide bonds. The molecule has 0 aromatic heterocycles. The van der Waals surface area contributed by atoms with Crippen LogP contribution in [0.1, 0.15) is 25.8 Å². The van der Waals surface area contributed by atoms with Crippen molar-refractivity contribution in [3.8, 4) is 0 Å². The van der Waals surface area contributed by atoms with Crippen molar-refractivity contribution in [3.05, 3.63) is 29.8 Å². The van der Waals surface area contributed by atoms with E-state index in [-0.39, 0.29) is 6.04 Å². The molecule has 2 atom stereocenters. The van der Waals surface area contributed by atoms with Gasteiger partial charge in [-0.15, -0.1) is 0 Å². The Balaban J connectivity index is 3.11. The number of aryl methyl sites for hydroxylation is 1. The summed E-state index contributed by atoms with van der Waals surface area (Å²) >= 11 is 0. The molecule has 96 valence electrons. The molecule has 3 nitrogen and oxygen atoms in total. The summed E-state index contributed by atoms with van der Waals surface area (Å²) in [6.07, 6.45) is 0.794. The molecule has 17 heavy (non-hydrogen) atoms. The van der Waals surface area contributed by atoms with Gasteiger partial charge in [-0.25, -0.2) is 8.42 Å². The molecule has 0 heterocycles. The van der Waals surface area contributed by atoms with Gasteiger partial charge < -0.3 is 5.32 Å². The smallest absolute Gasteiger partial charge is 0.182 e. The fraction of sp³-hybridized carbons (Fsp3) is 0.538. The zero-order valence-corrected chi connectivity index (χ0v) is 11.7. The molecule has 0 aliphatic carbocycles. The van der Waals surface area contributed by atoms with E-state index in [0.717, 1.165) is 12.0 Å². The minimum Gasteiger partial charge on any atom is -0.316 e. The molecule has 4 heteroatoms. The van der Waals surface area contributed by atoms with Crippen LogP contribution in [0, 0.1) is 6.92 Å². The van der Waals surface area contributed by atoms with Gasteiger partial charge in [0.05, 0.1) is 10.1 Å². The highest BCUT2D eigenvalue weighted by Gasteiger charge is 2.28. The Labute approximate surface area is 104 Å². The zero-order valence-electron chi connectivity index (χ0n) is 10.9. The van der Waals surface area contributed by atoms with E-state index in [1.54, 1.807) is 32.2 Å². The second-order valence-electron chi connectivity index (χ2n) is 4.37. The average molecular weight is 255 g/mol. The van der Waals surface area contributed by atoms with Crippen molar-refractivity contribution in [2.24, 2.45) is 0 Å². The highest BCUT2D eigenvalue weighted by molar-refractivity contribution is 7.92. The van der Waals surface area contributed by atoms with Crippen LogP contribution in [-0.4, -0.2) is 26.8 Å². The average Bonchev–Trinajstić information content (AvgIpc) is 2.30. The Hall–Kier alpha value is -0.870. The van der Waals surface area contributed by atoms with E-state index in [1.807, 2.05) is 19.9 Å². The van der Waals surface area contributed by atoms with Gasteiger partial charge in [-0.1, -0.05) is 19.1 Å². The van der Waals surface area contributed by atoms with Crippen LogP contribution in [0.5, 0.6) is 0 Å². The quantitative estimate of drug-likeness (QED) is 0.877. The van der Waals surface area contributed by atoms with Gasteiger partial charge in [0, 0.05) is 6.04 Å². The Morgan fingerprint density at radius 2 is 2.00 bits per heavy atom. The summed E-state index contributed by atoms with van der Waals surface area (Å²) in [4.78, 5) is 0.415. The van der Waals surface area contributed by atoms with Gasteiger partial charge >= 0.3 is 0 Å². The summed E-state index contributed by atoms with van der Waals surface area (Å²) in [5.41, 5.74) is 0.968. The molecular weight excluding hydrogens is 234 g/mol. The molecule has 0 aliphatic heterocycles. The third-order valence-electron chi connectivity index (χ3n) is 3.18. The molecule has 0 radical (unpaired) electrons. The fourth-order valence-electron chi connectivity index (χ4n) is 1.99. The van der Waals surface area contributed by atoms with E-state index < -0.39 is 15.1 Å². The van der Waals surface area contributed by atoms with Crippen molar-refractivity contribution >= 4 is 9.84 Å². The number of benzene rings is 1. The third kappa shape index (κ3) is 3.07. The van der Waals surface area contributed by atoms with Gasteiger partial charge in [-0.3, -0.25) is 0 Å². The summed E-state index contributed by atoms with van der Waals surface area (Å²) < 4.78 is 24.8. The molecule has 0 bridgehead atoms. The molecule has 0 aliphatic rings. The molecule has 0 spiro atoms. The largest absolute Gasteiger partial charge is 0.316 e. The van der Waals surface area contributed by atoms with E-state index >= 15 is 0 Å². The van der Waals surface area contributed by atoms with Crippen LogP contribution < -0.4 is 5.32 Å². The van der Waals surface area contributed by atoms with Crippen molar-refractivity contribution in [1.29, 1.82) is 0 Å². The Kier molecular flexibility index (Phi) is 4.71. The van der Waals surface area contributed by atoms with Crippen molar-refractivity contribution in [1.82, 2.24) is 5.32 Å². The lowest BCUT2D eigenvalue weighted by molar-refractivity contribution is 0.505. The molecule has 1 aromatic rings. The first-order valence-electron chi connectivity index (χ1n) is 5.91. The van der Waals surface area contributed by atoms with Crippen molar-refractivity contribution in [3.63, 3.8) is 0 Å². The van der Waals surface area contributed by atoms with Crippen LogP contribution in [0.3, 0.4) is 0 Å². The Morgan fingerprint density at radius 3 is 2.47 bits per heavy atom. The highest BCUT2D eigenvalue weighted by atomic mass is 32.2. The minimum atomic E-state index is -3.25. The predicted molar refractivity (Wildman–Crippen MR) is 71.0 cm³/mol.